The molecule has 114 valence electrons. The maximum atomic E-state index is 13.9. The summed E-state index contributed by atoms with van der Waals surface area (Å²) >= 11 is 1.30. The van der Waals surface area contributed by atoms with Gasteiger partial charge in [0.15, 0.2) is 10.8 Å². The van der Waals surface area contributed by atoms with Crippen molar-refractivity contribution < 1.29 is 9.13 Å². The highest BCUT2D eigenvalue weighted by Crippen LogP contribution is 2.29. The lowest BCUT2D eigenvalue weighted by Crippen LogP contribution is -1.92. The van der Waals surface area contributed by atoms with E-state index in [4.69, 9.17) is 4.74 Å². The third kappa shape index (κ3) is 2.35. The van der Waals surface area contributed by atoms with E-state index < -0.39 is 0 Å². The minimum Gasteiger partial charge on any atom is -0.497 e. The van der Waals surface area contributed by atoms with Crippen LogP contribution in [0.15, 0.2) is 48.5 Å². The van der Waals surface area contributed by atoms with Crippen LogP contribution in [0.1, 0.15) is 0 Å². The Kier molecular flexibility index (Phi) is 3.27. The van der Waals surface area contributed by atoms with E-state index in [1.807, 2.05) is 24.3 Å². The van der Waals surface area contributed by atoms with Crippen molar-refractivity contribution >= 4 is 16.3 Å². The Hall–Kier alpha value is -2.80. The van der Waals surface area contributed by atoms with Crippen LogP contribution in [-0.4, -0.2) is 26.9 Å². The van der Waals surface area contributed by atoms with Gasteiger partial charge in [0, 0.05) is 11.1 Å². The van der Waals surface area contributed by atoms with Gasteiger partial charge in [0.25, 0.3) is 0 Å². The molecule has 0 aliphatic heterocycles. The summed E-state index contributed by atoms with van der Waals surface area (Å²) in [7, 11) is 1.62. The first-order chi connectivity index (χ1) is 11.3. The molecule has 0 aliphatic carbocycles. The SMILES string of the molecule is COc1ccc(-c2nnc3sc(-c4ccccc4F)nn23)cc1. The molecule has 7 heteroatoms. The number of methoxy groups -OCH3 is 1. The van der Waals surface area contributed by atoms with E-state index in [9.17, 15) is 4.39 Å². The fourth-order valence-corrected chi connectivity index (χ4v) is 3.15. The van der Waals surface area contributed by atoms with Crippen molar-refractivity contribution in [2.24, 2.45) is 0 Å². The molecule has 0 spiro atoms. The third-order valence-corrected chi connectivity index (χ3v) is 4.38. The fourth-order valence-electron chi connectivity index (χ4n) is 2.28. The molecule has 4 aromatic rings. The molecule has 23 heavy (non-hydrogen) atoms. The van der Waals surface area contributed by atoms with Gasteiger partial charge < -0.3 is 4.74 Å². The standard InChI is InChI=1S/C16H11FN4OS/c1-22-11-8-6-10(7-9-11)14-18-19-16-21(14)20-15(23-16)12-4-2-3-5-13(12)17/h2-9H,1H3. The Labute approximate surface area is 135 Å². The van der Waals surface area contributed by atoms with Crippen LogP contribution in [0, 0.1) is 5.82 Å². The summed E-state index contributed by atoms with van der Waals surface area (Å²) in [5.41, 5.74) is 1.33. The first kappa shape index (κ1) is 13.8. The molecule has 2 aromatic heterocycles. The number of halogens is 1. The molecule has 0 N–H and O–H groups in total. The Morgan fingerprint density at radius 2 is 1.83 bits per heavy atom. The second-order valence-corrected chi connectivity index (χ2v) is 5.79. The van der Waals surface area contributed by atoms with E-state index in [0.29, 0.717) is 21.4 Å². The lowest BCUT2D eigenvalue weighted by molar-refractivity contribution is 0.415. The maximum absolute atomic E-state index is 13.9. The number of ether oxygens (including phenoxy) is 1. The van der Waals surface area contributed by atoms with E-state index in [1.54, 1.807) is 29.8 Å². The molecule has 0 saturated carbocycles. The molecule has 0 amide bonds. The van der Waals surface area contributed by atoms with Gasteiger partial charge in [0.05, 0.1) is 7.11 Å². The van der Waals surface area contributed by atoms with Gasteiger partial charge in [0.1, 0.15) is 11.6 Å². The molecular weight excluding hydrogens is 315 g/mol. The van der Waals surface area contributed by atoms with Crippen LogP contribution in [-0.2, 0) is 0 Å². The Bertz CT molecular complexity index is 977. The summed E-state index contributed by atoms with van der Waals surface area (Å²) in [5, 5.41) is 13.3. The molecule has 0 unspecified atom stereocenters. The average molecular weight is 326 g/mol. The number of nitrogens with zero attached hydrogens (tertiary/aromatic N) is 4. The van der Waals surface area contributed by atoms with Gasteiger partial charge in [-0.2, -0.15) is 9.61 Å². The van der Waals surface area contributed by atoms with Crippen molar-refractivity contribution in [3.05, 3.63) is 54.3 Å². The largest absolute Gasteiger partial charge is 0.497 e. The molecule has 2 aromatic carbocycles. The van der Waals surface area contributed by atoms with E-state index >= 15 is 0 Å². The Balaban J connectivity index is 1.82. The summed E-state index contributed by atoms with van der Waals surface area (Å²) in [6.45, 7) is 0. The van der Waals surface area contributed by atoms with Crippen LogP contribution < -0.4 is 4.74 Å². The van der Waals surface area contributed by atoms with Gasteiger partial charge in [-0.1, -0.05) is 23.5 Å². The normalized spacial score (nSPS) is 11.0. The molecule has 0 saturated heterocycles. The number of hydrogen-bond donors (Lipinski definition) is 0. The quantitative estimate of drug-likeness (QED) is 0.576. The zero-order valence-electron chi connectivity index (χ0n) is 12.1. The van der Waals surface area contributed by atoms with Crippen molar-refractivity contribution in [2.75, 3.05) is 7.11 Å². The number of benzene rings is 2. The summed E-state index contributed by atoms with van der Waals surface area (Å²) < 4.78 is 20.7. The number of hydrogen-bond acceptors (Lipinski definition) is 5. The van der Waals surface area contributed by atoms with Gasteiger partial charge in [-0.15, -0.1) is 10.2 Å². The van der Waals surface area contributed by atoms with E-state index in [1.165, 1.54) is 17.4 Å². The van der Waals surface area contributed by atoms with Crippen molar-refractivity contribution in [2.45, 2.75) is 0 Å². The molecule has 0 aliphatic rings. The lowest BCUT2D eigenvalue weighted by Gasteiger charge is -2.00. The molecule has 4 rings (SSSR count). The molecule has 5 nitrogen and oxygen atoms in total. The molecule has 0 atom stereocenters. The van der Waals surface area contributed by atoms with Gasteiger partial charge in [-0.3, -0.25) is 0 Å². The highest BCUT2D eigenvalue weighted by Gasteiger charge is 2.16. The number of fused-ring (bicyclic) bond motifs is 1. The Morgan fingerprint density at radius 1 is 1.04 bits per heavy atom. The van der Waals surface area contributed by atoms with E-state index in [0.717, 1.165) is 11.3 Å². The molecule has 0 bridgehead atoms. The first-order valence-electron chi connectivity index (χ1n) is 6.88. The highest BCUT2D eigenvalue weighted by molar-refractivity contribution is 7.19. The van der Waals surface area contributed by atoms with Crippen molar-refractivity contribution in [3.63, 3.8) is 0 Å². The predicted molar refractivity (Wildman–Crippen MR) is 86.0 cm³/mol. The average Bonchev–Trinajstić information content (AvgIpc) is 3.16. The second kappa shape index (κ2) is 5.44. The van der Waals surface area contributed by atoms with Crippen LogP contribution in [0.4, 0.5) is 4.39 Å². The lowest BCUT2D eigenvalue weighted by atomic mass is 10.2. The summed E-state index contributed by atoms with van der Waals surface area (Å²) in [5.74, 6) is 1.07. The van der Waals surface area contributed by atoms with Gasteiger partial charge >= 0.3 is 0 Å². The van der Waals surface area contributed by atoms with Crippen LogP contribution >= 0.6 is 11.3 Å². The number of rotatable bonds is 3. The van der Waals surface area contributed by atoms with E-state index in [-0.39, 0.29) is 5.82 Å². The monoisotopic (exact) mass is 326 g/mol. The van der Waals surface area contributed by atoms with Crippen molar-refractivity contribution in [1.82, 2.24) is 19.8 Å². The predicted octanol–water partition coefficient (Wildman–Crippen LogP) is 3.67. The fraction of sp³-hybridized carbons (Fsp3) is 0.0625. The van der Waals surface area contributed by atoms with Gasteiger partial charge in [-0.05, 0) is 36.4 Å². The topological polar surface area (TPSA) is 52.3 Å². The van der Waals surface area contributed by atoms with Crippen molar-refractivity contribution in [1.29, 1.82) is 0 Å². The Morgan fingerprint density at radius 3 is 2.57 bits per heavy atom. The van der Waals surface area contributed by atoms with Crippen molar-refractivity contribution in [3.8, 4) is 27.7 Å². The molecular formula is C16H11FN4OS. The minimum absolute atomic E-state index is 0.302. The summed E-state index contributed by atoms with van der Waals surface area (Å²) in [4.78, 5) is 0.620. The summed E-state index contributed by atoms with van der Waals surface area (Å²) in [6, 6.07) is 14.0. The van der Waals surface area contributed by atoms with Gasteiger partial charge in [-0.25, -0.2) is 4.39 Å². The van der Waals surface area contributed by atoms with Crippen LogP contribution in [0.2, 0.25) is 0 Å². The molecule has 2 heterocycles. The van der Waals surface area contributed by atoms with Gasteiger partial charge in [0.2, 0.25) is 4.96 Å². The van der Waals surface area contributed by atoms with Crippen LogP contribution in [0.5, 0.6) is 5.75 Å². The molecule has 0 fully saturated rings. The number of aromatic nitrogens is 4. The first-order valence-corrected chi connectivity index (χ1v) is 7.69. The zero-order chi connectivity index (χ0) is 15.8. The maximum Gasteiger partial charge on any atom is 0.235 e. The van der Waals surface area contributed by atoms with E-state index in [2.05, 4.69) is 15.3 Å². The van der Waals surface area contributed by atoms with Crippen LogP contribution in [0.25, 0.3) is 26.9 Å². The highest BCUT2D eigenvalue weighted by atomic mass is 32.1. The minimum atomic E-state index is -0.302. The smallest absolute Gasteiger partial charge is 0.235 e. The summed E-state index contributed by atoms with van der Waals surface area (Å²) in [6.07, 6.45) is 0. The van der Waals surface area contributed by atoms with Crippen LogP contribution in [0.3, 0.4) is 0 Å². The zero-order valence-corrected chi connectivity index (χ0v) is 12.9. The third-order valence-electron chi connectivity index (χ3n) is 3.44. The molecule has 0 radical (unpaired) electrons. The second-order valence-electron chi connectivity index (χ2n) is 4.83.